The molecule has 0 saturated heterocycles. The SMILES string of the molecule is C#CCNC(=O)COC(=O)c1c(C)nn2cccnc12. The van der Waals surface area contributed by atoms with Gasteiger partial charge in [-0.05, 0) is 13.0 Å². The van der Waals surface area contributed by atoms with Crippen LogP contribution in [0.1, 0.15) is 16.1 Å². The van der Waals surface area contributed by atoms with Gasteiger partial charge in [0.15, 0.2) is 12.3 Å². The van der Waals surface area contributed by atoms with Crippen molar-refractivity contribution in [1.82, 2.24) is 19.9 Å². The molecular weight excluding hydrogens is 260 g/mol. The number of ether oxygens (including phenoxy) is 1. The van der Waals surface area contributed by atoms with Crippen molar-refractivity contribution < 1.29 is 14.3 Å². The van der Waals surface area contributed by atoms with E-state index in [9.17, 15) is 9.59 Å². The van der Waals surface area contributed by atoms with Crippen molar-refractivity contribution >= 4 is 17.5 Å². The molecule has 0 atom stereocenters. The van der Waals surface area contributed by atoms with Gasteiger partial charge in [0.1, 0.15) is 5.56 Å². The summed E-state index contributed by atoms with van der Waals surface area (Å²) in [6.07, 6.45) is 8.22. The third-order valence-electron chi connectivity index (χ3n) is 2.50. The minimum Gasteiger partial charge on any atom is -0.452 e. The van der Waals surface area contributed by atoms with E-state index in [-0.39, 0.29) is 12.1 Å². The van der Waals surface area contributed by atoms with Crippen molar-refractivity contribution in [3.63, 3.8) is 0 Å². The number of carbonyl (C=O) groups is 2. The maximum atomic E-state index is 12.0. The molecule has 0 spiro atoms. The molecule has 102 valence electrons. The van der Waals surface area contributed by atoms with Crippen LogP contribution in [-0.2, 0) is 9.53 Å². The Hall–Kier alpha value is -2.88. The summed E-state index contributed by atoms with van der Waals surface area (Å²) in [5.41, 5.74) is 1.12. The van der Waals surface area contributed by atoms with Gasteiger partial charge in [-0.25, -0.2) is 14.3 Å². The van der Waals surface area contributed by atoms with Crippen LogP contribution in [0.3, 0.4) is 0 Å². The van der Waals surface area contributed by atoms with E-state index in [0.717, 1.165) is 0 Å². The Kier molecular flexibility index (Phi) is 3.96. The van der Waals surface area contributed by atoms with E-state index in [1.807, 2.05) is 0 Å². The summed E-state index contributed by atoms with van der Waals surface area (Å²) in [4.78, 5) is 27.4. The van der Waals surface area contributed by atoms with Crippen molar-refractivity contribution in [1.29, 1.82) is 0 Å². The highest BCUT2D eigenvalue weighted by atomic mass is 16.5. The number of nitrogens with one attached hydrogen (secondary N) is 1. The van der Waals surface area contributed by atoms with Crippen LogP contribution < -0.4 is 5.32 Å². The van der Waals surface area contributed by atoms with Crippen LogP contribution in [0.4, 0.5) is 0 Å². The van der Waals surface area contributed by atoms with E-state index >= 15 is 0 Å². The second-order valence-corrected chi connectivity index (χ2v) is 3.91. The second kappa shape index (κ2) is 5.84. The van der Waals surface area contributed by atoms with Crippen molar-refractivity contribution in [2.45, 2.75) is 6.92 Å². The normalized spacial score (nSPS) is 10.0. The molecule has 7 heteroatoms. The first-order valence-corrected chi connectivity index (χ1v) is 5.80. The predicted molar refractivity (Wildman–Crippen MR) is 69.8 cm³/mol. The quantitative estimate of drug-likeness (QED) is 0.622. The fourth-order valence-electron chi connectivity index (χ4n) is 1.64. The molecular formula is C13H12N4O3. The molecule has 0 radical (unpaired) electrons. The van der Waals surface area contributed by atoms with E-state index in [2.05, 4.69) is 21.3 Å². The summed E-state index contributed by atoms with van der Waals surface area (Å²) in [7, 11) is 0. The highest BCUT2D eigenvalue weighted by Gasteiger charge is 2.20. The third-order valence-corrected chi connectivity index (χ3v) is 2.50. The Bertz CT molecular complexity index is 699. The Labute approximate surface area is 114 Å². The minimum atomic E-state index is -0.646. The predicted octanol–water partition coefficient (Wildman–Crippen LogP) is -0.0561. The van der Waals surface area contributed by atoms with E-state index in [1.165, 1.54) is 4.52 Å². The number of aromatic nitrogens is 3. The molecule has 0 aliphatic rings. The largest absolute Gasteiger partial charge is 0.452 e. The van der Waals surface area contributed by atoms with E-state index in [0.29, 0.717) is 11.3 Å². The van der Waals surface area contributed by atoms with Gasteiger partial charge in [0.25, 0.3) is 5.91 Å². The number of carbonyl (C=O) groups excluding carboxylic acids is 2. The lowest BCUT2D eigenvalue weighted by atomic mass is 10.2. The van der Waals surface area contributed by atoms with Gasteiger partial charge in [-0.1, -0.05) is 5.92 Å². The maximum Gasteiger partial charge on any atom is 0.344 e. The first-order chi connectivity index (χ1) is 9.63. The lowest BCUT2D eigenvalue weighted by Crippen LogP contribution is -2.29. The van der Waals surface area contributed by atoms with Crippen molar-refractivity contribution in [3.8, 4) is 12.3 Å². The topological polar surface area (TPSA) is 85.6 Å². The van der Waals surface area contributed by atoms with Gasteiger partial charge in [-0.2, -0.15) is 5.10 Å². The molecule has 0 aliphatic carbocycles. The van der Waals surface area contributed by atoms with E-state index in [4.69, 9.17) is 11.2 Å². The molecule has 0 aromatic carbocycles. The van der Waals surface area contributed by atoms with Crippen molar-refractivity contribution in [2.75, 3.05) is 13.2 Å². The first-order valence-electron chi connectivity index (χ1n) is 5.80. The molecule has 2 heterocycles. The number of aryl methyl sites for hydroxylation is 1. The zero-order valence-corrected chi connectivity index (χ0v) is 10.8. The maximum absolute atomic E-state index is 12.0. The van der Waals surface area contributed by atoms with Gasteiger partial charge in [-0.15, -0.1) is 6.42 Å². The summed E-state index contributed by atoms with van der Waals surface area (Å²) in [5, 5.41) is 6.53. The Morgan fingerprint density at radius 3 is 3.10 bits per heavy atom. The molecule has 1 N–H and O–H groups in total. The number of fused-ring (bicyclic) bond motifs is 1. The summed E-state index contributed by atoms with van der Waals surface area (Å²) < 4.78 is 6.40. The number of esters is 1. The average Bonchev–Trinajstić information content (AvgIpc) is 2.78. The van der Waals surface area contributed by atoms with Crippen LogP contribution in [0.2, 0.25) is 0 Å². The van der Waals surface area contributed by atoms with Crippen LogP contribution in [-0.4, -0.2) is 39.6 Å². The van der Waals surface area contributed by atoms with Crippen molar-refractivity contribution in [2.24, 2.45) is 0 Å². The smallest absolute Gasteiger partial charge is 0.344 e. The molecule has 0 fully saturated rings. The van der Waals surface area contributed by atoms with Crippen LogP contribution in [0.25, 0.3) is 5.65 Å². The van der Waals surface area contributed by atoms with Gasteiger partial charge in [0.2, 0.25) is 0 Å². The van der Waals surface area contributed by atoms with E-state index in [1.54, 1.807) is 25.4 Å². The summed E-state index contributed by atoms with van der Waals surface area (Å²) in [6, 6.07) is 1.70. The lowest BCUT2D eigenvalue weighted by molar-refractivity contribution is -0.123. The van der Waals surface area contributed by atoms with Gasteiger partial charge >= 0.3 is 5.97 Å². The minimum absolute atomic E-state index is 0.0910. The molecule has 0 bridgehead atoms. The number of rotatable bonds is 4. The summed E-state index contributed by atoms with van der Waals surface area (Å²) >= 11 is 0. The summed E-state index contributed by atoms with van der Waals surface area (Å²) in [5.74, 6) is 1.15. The number of amides is 1. The van der Waals surface area contributed by atoms with Gasteiger partial charge in [0.05, 0.1) is 12.2 Å². The molecule has 0 unspecified atom stereocenters. The Balaban J connectivity index is 2.10. The average molecular weight is 272 g/mol. The fraction of sp³-hybridized carbons (Fsp3) is 0.231. The van der Waals surface area contributed by atoms with Crippen LogP contribution in [0, 0.1) is 19.3 Å². The molecule has 2 aromatic rings. The monoisotopic (exact) mass is 272 g/mol. The fourth-order valence-corrected chi connectivity index (χ4v) is 1.64. The first kappa shape index (κ1) is 13.5. The zero-order valence-electron chi connectivity index (χ0n) is 10.8. The van der Waals surface area contributed by atoms with Crippen molar-refractivity contribution in [3.05, 3.63) is 29.7 Å². The highest BCUT2D eigenvalue weighted by Crippen LogP contribution is 2.13. The lowest BCUT2D eigenvalue weighted by Gasteiger charge is -2.04. The molecule has 0 saturated carbocycles. The number of hydrogen-bond donors (Lipinski definition) is 1. The second-order valence-electron chi connectivity index (χ2n) is 3.91. The molecule has 0 aliphatic heterocycles. The van der Waals surface area contributed by atoms with E-state index < -0.39 is 18.5 Å². The Morgan fingerprint density at radius 2 is 2.35 bits per heavy atom. The van der Waals surface area contributed by atoms with Crippen LogP contribution in [0.15, 0.2) is 18.5 Å². The molecule has 7 nitrogen and oxygen atoms in total. The Morgan fingerprint density at radius 1 is 1.55 bits per heavy atom. The van der Waals surface area contributed by atoms with Gasteiger partial charge in [0, 0.05) is 12.4 Å². The number of terminal acetylenes is 1. The zero-order chi connectivity index (χ0) is 14.5. The van der Waals surface area contributed by atoms with Gasteiger partial charge in [-0.3, -0.25) is 4.79 Å². The third kappa shape index (κ3) is 2.75. The molecule has 20 heavy (non-hydrogen) atoms. The number of nitrogens with zero attached hydrogens (tertiary/aromatic N) is 3. The number of hydrogen-bond acceptors (Lipinski definition) is 5. The van der Waals surface area contributed by atoms with Crippen LogP contribution >= 0.6 is 0 Å². The highest BCUT2D eigenvalue weighted by molar-refractivity contribution is 5.98. The molecule has 2 rings (SSSR count). The van der Waals surface area contributed by atoms with Gasteiger partial charge < -0.3 is 10.1 Å². The summed E-state index contributed by atoms with van der Waals surface area (Å²) in [6.45, 7) is 1.36. The molecule has 2 aromatic heterocycles. The standard InChI is InChI=1S/C13H12N4O3/c1-3-5-14-10(18)8-20-13(19)11-9(2)16-17-7-4-6-15-12(11)17/h1,4,6-7H,5,8H2,2H3,(H,14,18). The molecule has 1 amide bonds. The van der Waals surface area contributed by atoms with Crippen LogP contribution in [0.5, 0.6) is 0 Å².